The summed E-state index contributed by atoms with van der Waals surface area (Å²) < 4.78 is 11.8. The Balaban J connectivity index is 1.18. The van der Waals surface area contributed by atoms with Gasteiger partial charge >= 0.3 is 6.09 Å². The van der Waals surface area contributed by atoms with Crippen molar-refractivity contribution in [1.29, 1.82) is 0 Å². The van der Waals surface area contributed by atoms with E-state index >= 15 is 0 Å². The van der Waals surface area contributed by atoms with Gasteiger partial charge in [0.25, 0.3) is 0 Å². The molecule has 1 aromatic carbocycles. The molecule has 1 atom stereocenters. The molecule has 1 unspecified atom stereocenters. The van der Waals surface area contributed by atoms with E-state index in [1.807, 2.05) is 42.5 Å². The van der Waals surface area contributed by atoms with Gasteiger partial charge in [0.05, 0.1) is 18.7 Å². The van der Waals surface area contributed by atoms with Gasteiger partial charge in [0.2, 0.25) is 5.91 Å². The second-order valence-electron chi connectivity index (χ2n) is 8.39. The normalized spacial score (nSPS) is 22.5. The Bertz CT molecular complexity index is 931. The first-order chi connectivity index (χ1) is 15.1. The average molecular weight is 422 g/mol. The van der Waals surface area contributed by atoms with Crippen LogP contribution in [0.4, 0.5) is 10.5 Å². The zero-order chi connectivity index (χ0) is 21.3. The lowest BCUT2D eigenvalue weighted by Gasteiger charge is -2.39. The molecule has 2 amide bonds. The molecule has 1 aromatic heterocycles. The average Bonchev–Trinajstić information content (AvgIpc) is 3.17. The molecule has 3 aliphatic rings. The molecule has 0 aliphatic carbocycles. The number of piperidine rings is 1. The molecule has 8 heteroatoms. The Kier molecular flexibility index (Phi) is 5.23. The zero-order valence-electron chi connectivity index (χ0n) is 17.4. The quantitative estimate of drug-likeness (QED) is 0.755. The second-order valence-corrected chi connectivity index (χ2v) is 8.39. The van der Waals surface area contributed by atoms with E-state index in [4.69, 9.17) is 9.47 Å². The minimum Gasteiger partial charge on any atom is -0.445 e. The monoisotopic (exact) mass is 422 g/mol. The summed E-state index contributed by atoms with van der Waals surface area (Å²) in [6, 6.07) is 13.5. The van der Waals surface area contributed by atoms with Gasteiger partial charge in [-0.05, 0) is 30.5 Å². The highest BCUT2D eigenvalue weighted by Gasteiger charge is 2.51. The van der Waals surface area contributed by atoms with Gasteiger partial charge in [-0.15, -0.1) is 0 Å². The predicted octanol–water partition coefficient (Wildman–Crippen LogP) is 2.26. The predicted molar refractivity (Wildman–Crippen MR) is 113 cm³/mol. The second kappa shape index (κ2) is 8.19. The minimum atomic E-state index is -0.478. The maximum absolute atomic E-state index is 12.8. The fourth-order valence-corrected chi connectivity index (χ4v) is 4.65. The summed E-state index contributed by atoms with van der Waals surface area (Å²) in [6.07, 6.45) is 4.40. The third-order valence-corrected chi connectivity index (χ3v) is 6.38. The third-order valence-electron chi connectivity index (χ3n) is 6.38. The molecule has 4 heterocycles. The summed E-state index contributed by atoms with van der Waals surface area (Å²) in [5, 5.41) is 0. The van der Waals surface area contributed by atoms with Crippen molar-refractivity contribution in [3.05, 3.63) is 60.4 Å². The number of carbonyl (C=O) groups is 2. The van der Waals surface area contributed by atoms with Crippen molar-refractivity contribution in [3.63, 3.8) is 0 Å². The number of nitrogens with zero attached hydrogens (tertiary/aromatic N) is 4. The van der Waals surface area contributed by atoms with Gasteiger partial charge in [-0.25, -0.2) is 4.79 Å². The lowest BCUT2D eigenvalue weighted by Crippen LogP contribution is -2.55. The van der Waals surface area contributed by atoms with E-state index in [1.54, 1.807) is 17.3 Å². The first-order valence-corrected chi connectivity index (χ1v) is 10.7. The lowest BCUT2D eigenvalue weighted by molar-refractivity contribution is -0.147. The molecule has 3 fully saturated rings. The molecule has 3 aliphatic heterocycles. The van der Waals surface area contributed by atoms with Crippen molar-refractivity contribution < 1.29 is 19.1 Å². The van der Waals surface area contributed by atoms with Crippen LogP contribution in [0.1, 0.15) is 18.4 Å². The number of anilines is 1. The van der Waals surface area contributed by atoms with Gasteiger partial charge in [0, 0.05) is 31.2 Å². The topological polar surface area (TPSA) is 75.2 Å². The number of pyridine rings is 1. The highest BCUT2D eigenvalue weighted by molar-refractivity contribution is 5.84. The van der Waals surface area contributed by atoms with E-state index in [0.717, 1.165) is 37.2 Å². The largest absolute Gasteiger partial charge is 0.445 e. The van der Waals surface area contributed by atoms with Crippen LogP contribution in [0.15, 0.2) is 54.9 Å². The van der Waals surface area contributed by atoms with Crippen LogP contribution >= 0.6 is 0 Å². The number of fused-ring (bicyclic) bond motifs is 1. The third kappa shape index (κ3) is 4.07. The van der Waals surface area contributed by atoms with Crippen LogP contribution in [-0.4, -0.2) is 71.3 Å². The van der Waals surface area contributed by atoms with Gasteiger partial charge in [-0.2, -0.15) is 0 Å². The van der Waals surface area contributed by atoms with Crippen LogP contribution in [0.3, 0.4) is 0 Å². The van der Waals surface area contributed by atoms with E-state index < -0.39 is 12.3 Å². The molecule has 31 heavy (non-hydrogen) atoms. The van der Waals surface area contributed by atoms with Crippen molar-refractivity contribution in [3.8, 4) is 0 Å². The van der Waals surface area contributed by atoms with Crippen molar-refractivity contribution in [2.75, 3.05) is 37.6 Å². The molecule has 162 valence electrons. The Labute approximate surface area is 181 Å². The first-order valence-electron chi connectivity index (χ1n) is 10.7. The number of hydrogen-bond acceptors (Lipinski definition) is 6. The van der Waals surface area contributed by atoms with Crippen LogP contribution in [0.25, 0.3) is 0 Å². The molecule has 1 spiro atoms. The molecular weight excluding hydrogens is 396 g/mol. The molecule has 0 N–H and O–H groups in total. The number of hydrogen-bond donors (Lipinski definition) is 0. The number of carbonyl (C=O) groups excluding carboxylic acids is 2. The van der Waals surface area contributed by atoms with Crippen LogP contribution in [-0.2, 0) is 20.9 Å². The summed E-state index contributed by atoms with van der Waals surface area (Å²) in [7, 11) is 0. The maximum atomic E-state index is 12.8. The van der Waals surface area contributed by atoms with E-state index in [2.05, 4.69) is 9.88 Å². The highest BCUT2D eigenvalue weighted by Crippen LogP contribution is 2.38. The van der Waals surface area contributed by atoms with Gasteiger partial charge in [-0.1, -0.05) is 30.3 Å². The van der Waals surface area contributed by atoms with Crippen molar-refractivity contribution in [1.82, 2.24) is 14.8 Å². The first kappa shape index (κ1) is 19.8. The number of benzene rings is 1. The fraction of sp³-hybridized carbons (Fsp3) is 0.435. The van der Waals surface area contributed by atoms with Crippen LogP contribution in [0.5, 0.6) is 0 Å². The van der Waals surface area contributed by atoms with Gasteiger partial charge in [-0.3, -0.25) is 14.7 Å². The highest BCUT2D eigenvalue weighted by atomic mass is 16.6. The Morgan fingerprint density at radius 3 is 2.61 bits per heavy atom. The molecular formula is C23H26N4O4. The molecule has 5 rings (SSSR count). The Morgan fingerprint density at radius 2 is 1.87 bits per heavy atom. The minimum absolute atomic E-state index is 0.0344. The van der Waals surface area contributed by atoms with Gasteiger partial charge in [0.15, 0.2) is 6.23 Å². The lowest BCUT2D eigenvalue weighted by atomic mass is 9.91. The van der Waals surface area contributed by atoms with Crippen molar-refractivity contribution >= 4 is 17.7 Å². The number of amides is 2. The molecule has 0 radical (unpaired) electrons. The standard InChI is InChI=1S/C23H26N4O4/c28-20-14-26(22(29)30-16-18-4-2-1-3-5-18)15-21-27(20)17-23(31-21)8-12-25(13-9-23)19-6-10-24-11-7-19/h1-7,10-11,21H,8-9,12-17H2. The van der Waals surface area contributed by atoms with E-state index in [-0.39, 0.29) is 24.7 Å². The number of aromatic nitrogens is 1. The smallest absolute Gasteiger partial charge is 0.410 e. The van der Waals surface area contributed by atoms with Crippen LogP contribution in [0.2, 0.25) is 0 Å². The zero-order valence-corrected chi connectivity index (χ0v) is 17.4. The van der Waals surface area contributed by atoms with Gasteiger partial charge < -0.3 is 19.3 Å². The maximum Gasteiger partial charge on any atom is 0.410 e. The van der Waals surface area contributed by atoms with E-state index in [0.29, 0.717) is 13.1 Å². The summed E-state index contributed by atoms with van der Waals surface area (Å²) in [5.41, 5.74) is 1.73. The number of rotatable bonds is 3. The van der Waals surface area contributed by atoms with Crippen molar-refractivity contribution in [2.24, 2.45) is 0 Å². The molecule has 0 bridgehead atoms. The summed E-state index contributed by atoms with van der Waals surface area (Å²) >= 11 is 0. The molecule has 8 nitrogen and oxygen atoms in total. The number of ether oxygens (including phenoxy) is 2. The molecule has 2 aromatic rings. The van der Waals surface area contributed by atoms with Crippen LogP contribution in [0, 0.1) is 0 Å². The Morgan fingerprint density at radius 1 is 1.13 bits per heavy atom. The summed E-state index contributed by atoms with van der Waals surface area (Å²) in [6.45, 7) is 2.88. The molecule has 3 saturated heterocycles. The number of piperazine rings is 1. The van der Waals surface area contributed by atoms with E-state index in [1.165, 1.54) is 4.90 Å². The van der Waals surface area contributed by atoms with E-state index in [9.17, 15) is 9.59 Å². The Hall–Kier alpha value is -3.13. The summed E-state index contributed by atoms with van der Waals surface area (Å²) in [4.78, 5) is 34.9. The van der Waals surface area contributed by atoms with Crippen molar-refractivity contribution in [2.45, 2.75) is 31.3 Å². The summed E-state index contributed by atoms with van der Waals surface area (Å²) in [5.74, 6) is -0.0821. The SMILES string of the molecule is O=C(OCc1ccccc1)N1CC(=O)N2CC3(CCN(c4ccncc4)CC3)OC2C1. The molecule has 0 saturated carbocycles. The van der Waals surface area contributed by atoms with Crippen LogP contribution < -0.4 is 4.90 Å². The fourth-order valence-electron chi connectivity index (χ4n) is 4.65. The van der Waals surface area contributed by atoms with Gasteiger partial charge in [0.1, 0.15) is 13.2 Å².